The summed E-state index contributed by atoms with van der Waals surface area (Å²) in [6.07, 6.45) is 0. The normalized spacial score (nSPS) is 27.2. The first-order chi connectivity index (χ1) is 10.9. The molecule has 1 amide bonds. The van der Waals surface area contributed by atoms with E-state index in [4.69, 9.17) is 16.3 Å². The Balaban J connectivity index is 2.02. The molecule has 2 unspecified atom stereocenters. The average Bonchev–Trinajstić information content (AvgIpc) is 2.97. The van der Waals surface area contributed by atoms with E-state index in [1.807, 2.05) is 17.0 Å². The summed E-state index contributed by atoms with van der Waals surface area (Å²) in [6.45, 7) is 0. The summed E-state index contributed by atoms with van der Waals surface area (Å²) in [4.78, 5) is 17.5. The van der Waals surface area contributed by atoms with Gasteiger partial charge in [0.1, 0.15) is 11.6 Å². The lowest BCUT2D eigenvalue weighted by atomic mass is 10.2. The molecule has 9 heteroatoms. The Morgan fingerprint density at radius 3 is 2.96 bits per heavy atom. The van der Waals surface area contributed by atoms with E-state index >= 15 is 0 Å². The quantitative estimate of drug-likeness (QED) is 0.747. The van der Waals surface area contributed by atoms with Crippen molar-refractivity contribution in [1.29, 1.82) is 0 Å². The highest BCUT2D eigenvalue weighted by molar-refractivity contribution is 8.16. The third-order valence-corrected chi connectivity index (χ3v) is 7.17. The van der Waals surface area contributed by atoms with Gasteiger partial charge in [-0.15, -0.1) is 11.6 Å². The molecule has 0 aliphatic carbocycles. The molecular formula is C14H15ClN2O4S2. The van der Waals surface area contributed by atoms with E-state index in [2.05, 4.69) is 4.99 Å². The Hall–Kier alpha value is -1.25. The lowest BCUT2D eigenvalue weighted by molar-refractivity contribution is -0.115. The Bertz CT molecular complexity index is 766. The van der Waals surface area contributed by atoms with Crippen molar-refractivity contribution in [2.75, 3.05) is 29.4 Å². The molecule has 0 aromatic heterocycles. The molecule has 6 nitrogen and oxygen atoms in total. The molecule has 0 bridgehead atoms. The summed E-state index contributed by atoms with van der Waals surface area (Å²) in [5.74, 6) is 0.154. The molecule has 0 saturated carbocycles. The van der Waals surface area contributed by atoms with Crippen LogP contribution >= 0.6 is 23.4 Å². The number of nitrogens with zero attached hydrogens (tertiary/aromatic N) is 2. The van der Waals surface area contributed by atoms with Crippen LogP contribution in [-0.4, -0.2) is 55.3 Å². The lowest BCUT2D eigenvalue weighted by Gasteiger charge is -2.24. The molecule has 23 heavy (non-hydrogen) atoms. The van der Waals surface area contributed by atoms with Gasteiger partial charge in [0.2, 0.25) is 0 Å². The largest absolute Gasteiger partial charge is 0.497 e. The fraction of sp³-hybridized carbons (Fsp3) is 0.429. The summed E-state index contributed by atoms with van der Waals surface area (Å²) in [5, 5.41) is 0.363. The SMILES string of the molecule is COc1cccc(N2C(=NC(=O)CCl)SC3CS(=O)(=O)CC32)c1. The zero-order valence-corrected chi connectivity index (χ0v) is 14.7. The fourth-order valence-electron chi connectivity index (χ4n) is 2.76. The molecular weight excluding hydrogens is 360 g/mol. The monoisotopic (exact) mass is 374 g/mol. The third-order valence-electron chi connectivity index (χ3n) is 3.73. The summed E-state index contributed by atoms with van der Waals surface area (Å²) < 4.78 is 29.1. The van der Waals surface area contributed by atoms with Crippen molar-refractivity contribution < 1.29 is 17.9 Å². The van der Waals surface area contributed by atoms with Gasteiger partial charge in [0.15, 0.2) is 15.0 Å². The number of alkyl halides is 1. The first kappa shape index (κ1) is 16.6. The number of carbonyl (C=O) groups is 1. The first-order valence-electron chi connectivity index (χ1n) is 6.91. The summed E-state index contributed by atoms with van der Waals surface area (Å²) in [7, 11) is -1.52. The number of carbonyl (C=O) groups excluding carboxylic acids is 1. The molecule has 3 rings (SSSR count). The molecule has 1 aromatic carbocycles. The molecule has 2 saturated heterocycles. The van der Waals surface area contributed by atoms with Crippen LogP contribution in [0.4, 0.5) is 5.69 Å². The molecule has 0 spiro atoms. The molecule has 2 heterocycles. The van der Waals surface area contributed by atoms with Gasteiger partial charge in [-0.3, -0.25) is 4.79 Å². The molecule has 2 aliphatic rings. The van der Waals surface area contributed by atoms with Gasteiger partial charge in [-0.2, -0.15) is 4.99 Å². The van der Waals surface area contributed by atoms with Gasteiger partial charge in [-0.25, -0.2) is 8.42 Å². The molecule has 2 atom stereocenters. The van der Waals surface area contributed by atoms with Crippen LogP contribution in [-0.2, 0) is 14.6 Å². The van der Waals surface area contributed by atoms with Gasteiger partial charge in [-0.05, 0) is 12.1 Å². The number of anilines is 1. The standard InChI is InChI=1S/C14H15ClN2O4S2/c1-21-10-4-2-3-9(5-10)17-11-7-23(19,20)8-12(11)22-14(17)16-13(18)6-15/h2-5,11-12H,6-8H2,1H3. The number of fused-ring (bicyclic) bond motifs is 1. The van der Waals surface area contributed by atoms with Crippen LogP contribution in [0.5, 0.6) is 5.75 Å². The van der Waals surface area contributed by atoms with E-state index in [-0.39, 0.29) is 28.7 Å². The van der Waals surface area contributed by atoms with Gasteiger partial charge in [0, 0.05) is 17.0 Å². The number of halogens is 1. The minimum atomic E-state index is -3.08. The highest BCUT2D eigenvalue weighted by Crippen LogP contribution is 2.41. The van der Waals surface area contributed by atoms with E-state index in [1.165, 1.54) is 11.8 Å². The number of amidine groups is 1. The van der Waals surface area contributed by atoms with Gasteiger partial charge in [0.25, 0.3) is 5.91 Å². The van der Waals surface area contributed by atoms with Crippen LogP contribution in [0.2, 0.25) is 0 Å². The third kappa shape index (κ3) is 3.34. The summed E-state index contributed by atoms with van der Waals surface area (Å²) in [6, 6.07) is 7.03. The van der Waals surface area contributed by atoms with Crippen LogP contribution in [0.25, 0.3) is 0 Å². The molecule has 2 aliphatic heterocycles. The number of ether oxygens (including phenoxy) is 1. The van der Waals surface area contributed by atoms with Gasteiger partial charge < -0.3 is 9.64 Å². The van der Waals surface area contributed by atoms with E-state index < -0.39 is 15.7 Å². The van der Waals surface area contributed by atoms with E-state index in [1.54, 1.807) is 19.2 Å². The zero-order valence-electron chi connectivity index (χ0n) is 12.3. The van der Waals surface area contributed by atoms with Gasteiger partial charge >= 0.3 is 0 Å². The Morgan fingerprint density at radius 2 is 2.26 bits per heavy atom. The number of aliphatic imine (C=N–C) groups is 1. The smallest absolute Gasteiger partial charge is 0.262 e. The molecule has 124 valence electrons. The lowest BCUT2D eigenvalue weighted by Crippen LogP contribution is -2.37. The maximum atomic E-state index is 11.9. The number of amides is 1. The summed E-state index contributed by atoms with van der Waals surface area (Å²) in [5.41, 5.74) is 0.752. The second-order valence-electron chi connectivity index (χ2n) is 5.29. The van der Waals surface area contributed by atoms with Crippen molar-refractivity contribution in [3.63, 3.8) is 0 Å². The maximum Gasteiger partial charge on any atom is 0.262 e. The number of hydrogen-bond donors (Lipinski definition) is 0. The van der Waals surface area contributed by atoms with Gasteiger partial charge in [0.05, 0.1) is 24.7 Å². The molecule has 0 radical (unpaired) electrons. The minimum absolute atomic E-state index is 0.0515. The number of sulfone groups is 1. The van der Waals surface area contributed by atoms with Crippen molar-refractivity contribution in [2.45, 2.75) is 11.3 Å². The first-order valence-corrected chi connectivity index (χ1v) is 10.1. The minimum Gasteiger partial charge on any atom is -0.497 e. The van der Waals surface area contributed by atoms with Crippen molar-refractivity contribution in [3.8, 4) is 5.75 Å². The number of rotatable bonds is 3. The molecule has 2 fully saturated rings. The average molecular weight is 375 g/mol. The zero-order chi connectivity index (χ0) is 16.6. The second kappa shape index (κ2) is 6.33. The Kier molecular flexibility index (Phi) is 4.57. The number of benzene rings is 1. The number of methoxy groups -OCH3 is 1. The fourth-order valence-corrected chi connectivity index (χ4v) is 6.75. The van der Waals surface area contributed by atoms with Crippen LogP contribution in [0.3, 0.4) is 0 Å². The van der Waals surface area contributed by atoms with Crippen LogP contribution in [0.15, 0.2) is 29.3 Å². The van der Waals surface area contributed by atoms with Crippen molar-refractivity contribution in [2.24, 2.45) is 4.99 Å². The van der Waals surface area contributed by atoms with Crippen molar-refractivity contribution in [3.05, 3.63) is 24.3 Å². The van der Waals surface area contributed by atoms with E-state index in [9.17, 15) is 13.2 Å². The van der Waals surface area contributed by atoms with Crippen LogP contribution < -0.4 is 9.64 Å². The number of hydrogen-bond acceptors (Lipinski definition) is 5. The van der Waals surface area contributed by atoms with Crippen LogP contribution in [0, 0.1) is 0 Å². The van der Waals surface area contributed by atoms with Crippen molar-refractivity contribution >= 4 is 50.0 Å². The Labute approximate surface area is 143 Å². The van der Waals surface area contributed by atoms with E-state index in [0.717, 1.165) is 5.69 Å². The predicted molar refractivity (Wildman–Crippen MR) is 92.5 cm³/mol. The van der Waals surface area contributed by atoms with Crippen LogP contribution in [0.1, 0.15) is 0 Å². The number of thioether (sulfide) groups is 1. The van der Waals surface area contributed by atoms with Crippen molar-refractivity contribution in [1.82, 2.24) is 0 Å². The van der Waals surface area contributed by atoms with Gasteiger partial charge in [-0.1, -0.05) is 17.8 Å². The Morgan fingerprint density at radius 1 is 1.48 bits per heavy atom. The maximum absolute atomic E-state index is 11.9. The topological polar surface area (TPSA) is 76.0 Å². The second-order valence-corrected chi connectivity index (χ2v) is 8.92. The highest BCUT2D eigenvalue weighted by atomic mass is 35.5. The highest BCUT2D eigenvalue weighted by Gasteiger charge is 2.49. The van der Waals surface area contributed by atoms with E-state index in [0.29, 0.717) is 10.9 Å². The molecule has 1 aromatic rings. The predicted octanol–water partition coefficient (Wildman–Crippen LogP) is 1.54. The molecule has 0 N–H and O–H groups in total. The summed E-state index contributed by atoms with van der Waals surface area (Å²) >= 11 is 6.86.